The Bertz CT molecular complexity index is 404. The van der Waals surface area contributed by atoms with Gasteiger partial charge in [0.1, 0.15) is 0 Å². The highest BCUT2D eigenvalue weighted by molar-refractivity contribution is 9.10. The van der Waals surface area contributed by atoms with Crippen LogP contribution in [0.4, 0.5) is 0 Å². The first-order valence-electron chi connectivity index (χ1n) is 4.90. The molecule has 0 amide bonds. The van der Waals surface area contributed by atoms with Crippen molar-refractivity contribution in [2.45, 2.75) is 23.5 Å². The van der Waals surface area contributed by atoms with E-state index in [4.69, 9.17) is 0 Å². The molecular weight excluding hydrogens is 270 g/mol. The van der Waals surface area contributed by atoms with Crippen LogP contribution in [-0.4, -0.2) is 11.5 Å². The quantitative estimate of drug-likeness (QED) is 0.825. The van der Waals surface area contributed by atoms with Gasteiger partial charge < -0.3 is 0 Å². The molecule has 2 rings (SSSR count). The maximum Gasteiger partial charge on any atom is 0.0843 e. The van der Waals surface area contributed by atoms with Crippen LogP contribution in [0.3, 0.4) is 0 Å². The summed E-state index contributed by atoms with van der Waals surface area (Å²) in [4.78, 5) is 0. The van der Waals surface area contributed by atoms with Gasteiger partial charge in [0.2, 0.25) is 0 Å². The fourth-order valence-corrected chi connectivity index (χ4v) is 3.36. The lowest BCUT2D eigenvalue weighted by molar-refractivity contribution is 0.338. The summed E-state index contributed by atoms with van der Waals surface area (Å²) >= 11 is 5.32. The highest BCUT2D eigenvalue weighted by Crippen LogP contribution is 2.48. The number of benzene rings is 1. The van der Waals surface area contributed by atoms with Crippen molar-refractivity contribution in [3.8, 4) is 6.07 Å². The van der Waals surface area contributed by atoms with E-state index in [9.17, 15) is 5.26 Å². The Labute approximate surface area is 103 Å². The van der Waals surface area contributed by atoms with Crippen LogP contribution in [0, 0.1) is 11.3 Å². The van der Waals surface area contributed by atoms with Crippen molar-refractivity contribution in [2.24, 2.45) is 0 Å². The Hall–Kier alpha value is -0.460. The molecule has 15 heavy (non-hydrogen) atoms. The molecule has 1 aromatic rings. The third-order valence-corrected chi connectivity index (χ3v) is 4.57. The van der Waals surface area contributed by atoms with Gasteiger partial charge >= 0.3 is 0 Å². The molecule has 0 atom stereocenters. The van der Waals surface area contributed by atoms with Crippen molar-refractivity contribution in [2.75, 3.05) is 6.26 Å². The molecule has 0 saturated heterocycles. The molecule has 0 aliphatic heterocycles. The van der Waals surface area contributed by atoms with Gasteiger partial charge in [-0.25, -0.2) is 0 Å². The Kier molecular flexibility index (Phi) is 3.08. The Balaban J connectivity index is 2.26. The molecule has 1 saturated carbocycles. The smallest absolute Gasteiger partial charge is 0.0843 e. The van der Waals surface area contributed by atoms with E-state index in [-0.39, 0.29) is 5.41 Å². The molecule has 1 aliphatic rings. The third-order valence-electron chi connectivity index (χ3n) is 3.08. The van der Waals surface area contributed by atoms with Crippen LogP contribution < -0.4 is 0 Å². The number of rotatable bonds is 2. The van der Waals surface area contributed by atoms with Crippen LogP contribution in [0.1, 0.15) is 18.4 Å². The van der Waals surface area contributed by atoms with Gasteiger partial charge in [-0.1, -0.05) is 28.1 Å². The number of nitriles is 1. The van der Waals surface area contributed by atoms with Gasteiger partial charge in [-0.3, -0.25) is 0 Å². The van der Waals surface area contributed by atoms with Crippen molar-refractivity contribution in [1.29, 1.82) is 5.26 Å². The van der Waals surface area contributed by atoms with Crippen molar-refractivity contribution >= 4 is 27.7 Å². The minimum Gasteiger partial charge on any atom is -0.197 e. The molecule has 1 nitrogen and oxygen atoms in total. The monoisotopic (exact) mass is 281 g/mol. The van der Waals surface area contributed by atoms with Gasteiger partial charge in [0.15, 0.2) is 0 Å². The van der Waals surface area contributed by atoms with Gasteiger partial charge in [-0.05, 0) is 36.8 Å². The van der Waals surface area contributed by atoms with Gasteiger partial charge in [0.25, 0.3) is 0 Å². The maximum atomic E-state index is 9.32. The second-order valence-electron chi connectivity index (χ2n) is 3.97. The summed E-state index contributed by atoms with van der Waals surface area (Å²) in [7, 11) is 0. The second kappa shape index (κ2) is 4.19. The predicted octanol–water partition coefficient (Wildman–Crippen LogP) is 3.74. The molecule has 0 heterocycles. The zero-order chi connectivity index (χ0) is 10.9. The Morgan fingerprint density at radius 1 is 1.53 bits per heavy atom. The molecule has 0 N–H and O–H groups in total. The highest BCUT2D eigenvalue weighted by atomic mass is 79.9. The fourth-order valence-electron chi connectivity index (χ4n) is 2.06. The molecule has 1 aromatic carbocycles. The SMILES string of the molecule is CSC1CC(C#N)(c2cccc(Br)c2)C1. The first kappa shape index (κ1) is 11.0. The number of hydrogen-bond donors (Lipinski definition) is 0. The molecule has 0 radical (unpaired) electrons. The maximum absolute atomic E-state index is 9.32. The van der Waals surface area contributed by atoms with Gasteiger partial charge in [-0.15, -0.1) is 0 Å². The van der Waals surface area contributed by atoms with E-state index in [1.165, 1.54) is 0 Å². The molecule has 1 aliphatic carbocycles. The first-order chi connectivity index (χ1) is 7.20. The normalized spacial score (nSPS) is 29.3. The van der Waals surface area contributed by atoms with Crippen molar-refractivity contribution in [3.05, 3.63) is 34.3 Å². The van der Waals surface area contributed by atoms with Crippen molar-refractivity contribution < 1.29 is 0 Å². The summed E-state index contributed by atoms with van der Waals surface area (Å²) in [5, 5.41) is 9.98. The average Bonchev–Trinajstić information content (AvgIpc) is 2.18. The van der Waals surface area contributed by atoms with Crippen LogP contribution in [0.2, 0.25) is 0 Å². The summed E-state index contributed by atoms with van der Waals surface area (Å²) < 4.78 is 1.06. The first-order valence-corrected chi connectivity index (χ1v) is 6.98. The standard InChI is InChI=1S/C12H12BrNS/c1-15-11-6-12(7-11,8-14)9-3-2-4-10(13)5-9/h2-5,11H,6-7H2,1H3. The largest absolute Gasteiger partial charge is 0.197 e. The Morgan fingerprint density at radius 3 is 2.80 bits per heavy atom. The topological polar surface area (TPSA) is 23.8 Å². The lowest BCUT2D eigenvalue weighted by atomic mass is 9.65. The number of hydrogen-bond acceptors (Lipinski definition) is 2. The van der Waals surface area contributed by atoms with E-state index in [2.05, 4.69) is 40.4 Å². The zero-order valence-corrected chi connectivity index (χ0v) is 10.9. The minimum absolute atomic E-state index is 0.225. The van der Waals surface area contributed by atoms with Crippen LogP contribution >= 0.6 is 27.7 Å². The van der Waals surface area contributed by atoms with E-state index >= 15 is 0 Å². The summed E-state index contributed by atoms with van der Waals surface area (Å²) in [5.41, 5.74) is 0.932. The van der Waals surface area contributed by atoms with Crippen LogP contribution in [0.25, 0.3) is 0 Å². The van der Waals surface area contributed by atoms with E-state index in [0.717, 1.165) is 22.9 Å². The van der Waals surface area contributed by atoms with Crippen LogP contribution in [0.5, 0.6) is 0 Å². The molecule has 0 unspecified atom stereocenters. The third kappa shape index (κ3) is 1.93. The predicted molar refractivity (Wildman–Crippen MR) is 68.0 cm³/mol. The molecule has 0 bridgehead atoms. The van der Waals surface area contributed by atoms with E-state index in [1.807, 2.05) is 23.9 Å². The lowest BCUT2D eigenvalue weighted by Gasteiger charge is -2.42. The summed E-state index contributed by atoms with van der Waals surface area (Å²) in [6.07, 6.45) is 4.09. The average molecular weight is 282 g/mol. The highest BCUT2D eigenvalue weighted by Gasteiger charge is 2.45. The van der Waals surface area contributed by atoms with Gasteiger partial charge in [-0.2, -0.15) is 17.0 Å². The van der Waals surface area contributed by atoms with Gasteiger partial charge in [0, 0.05) is 9.72 Å². The van der Waals surface area contributed by atoms with E-state index in [0.29, 0.717) is 5.25 Å². The molecule has 1 fully saturated rings. The summed E-state index contributed by atoms with van der Waals surface area (Å²) in [6.45, 7) is 0. The zero-order valence-electron chi connectivity index (χ0n) is 8.53. The molecule has 0 spiro atoms. The lowest BCUT2D eigenvalue weighted by Crippen LogP contribution is -2.41. The van der Waals surface area contributed by atoms with E-state index in [1.54, 1.807) is 0 Å². The van der Waals surface area contributed by atoms with Crippen molar-refractivity contribution in [1.82, 2.24) is 0 Å². The number of halogens is 1. The molecule has 78 valence electrons. The minimum atomic E-state index is -0.225. The summed E-state index contributed by atoms with van der Waals surface area (Å²) in [6, 6.07) is 10.6. The second-order valence-corrected chi connectivity index (χ2v) is 6.02. The van der Waals surface area contributed by atoms with Crippen LogP contribution in [-0.2, 0) is 5.41 Å². The van der Waals surface area contributed by atoms with Crippen molar-refractivity contribution in [3.63, 3.8) is 0 Å². The Morgan fingerprint density at radius 2 is 2.27 bits per heavy atom. The number of thioether (sulfide) groups is 1. The molecular formula is C12H12BrNS. The fraction of sp³-hybridized carbons (Fsp3) is 0.417. The van der Waals surface area contributed by atoms with Gasteiger partial charge in [0.05, 0.1) is 11.5 Å². The number of nitrogens with zero attached hydrogens (tertiary/aromatic N) is 1. The molecule has 3 heteroatoms. The summed E-state index contributed by atoms with van der Waals surface area (Å²) in [5.74, 6) is 0. The van der Waals surface area contributed by atoms with E-state index < -0.39 is 0 Å². The molecule has 0 aromatic heterocycles. The van der Waals surface area contributed by atoms with Crippen LogP contribution in [0.15, 0.2) is 28.7 Å².